The summed E-state index contributed by atoms with van der Waals surface area (Å²) in [5.74, 6) is 0.765. The number of nitrogens with one attached hydrogen (secondary N) is 2. The molecule has 1 aliphatic heterocycles. The summed E-state index contributed by atoms with van der Waals surface area (Å²) in [7, 11) is 0. The lowest BCUT2D eigenvalue weighted by Gasteiger charge is -2.26. The quantitative estimate of drug-likeness (QED) is 0.832. The fourth-order valence-corrected chi connectivity index (χ4v) is 2.63. The zero-order chi connectivity index (χ0) is 17.6. The van der Waals surface area contributed by atoms with E-state index in [1.165, 1.54) is 6.26 Å². The highest BCUT2D eigenvalue weighted by Gasteiger charge is 2.25. The smallest absolute Gasteiger partial charge is 0.318 e. The van der Waals surface area contributed by atoms with Gasteiger partial charge in [0.1, 0.15) is 12.4 Å². The van der Waals surface area contributed by atoms with Gasteiger partial charge < -0.3 is 24.7 Å². The first-order valence-corrected chi connectivity index (χ1v) is 8.22. The van der Waals surface area contributed by atoms with Crippen LogP contribution in [0.2, 0.25) is 0 Å². The van der Waals surface area contributed by atoms with Gasteiger partial charge in [0.25, 0.3) is 5.91 Å². The van der Waals surface area contributed by atoms with Crippen molar-refractivity contribution in [3.63, 3.8) is 0 Å². The first kappa shape index (κ1) is 16.9. The molecule has 0 radical (unpaired) electrons. The van der Waals surface area contributed by atoms with E-state index in [1.54, 1.807) is 17.0 Å². The Hall–Kier alpha value is -2.96. The number of hydrogen-bond donors (Lipinski definition) is 2. The van der Waals surface area contributed by atoms with Gasteiger partial charge in [0.15, 0.2) is 5.76 Å². The molecule has 0 saturated carbocycles. The van der Waals surface area contributed by atoms with E-state index in [0.717, 1.165) is 11.3 Å². The molecule has 0 spiro atoms. The van der Waals surface area contributed by atoms with Crippen LogP contribution >= 0.6 is 0 Å². The van der Waals surface area contributed by atoms with Crippen LogP contribution in [0.15, 0.2) is 47.1 Å². The van der Waals surface area contributed by atoms with Crippen LogP contribution in [-0.4, -0.2) is 42.6 Å². The minimum Gasteiger partial charge on any atom is -0.491 e. The molecule has 7 heteroatoms. The van der Waals surface area contributed by atoms with Gasteiger partial charge in [-0.25, -0.2) is 4.79 Å². The molecule has 3 rings (SSSR count). The number of benzene rings is 1. The summed E-state index contributed by atoms with van der Waals surface area (Å²) in [6.07, 6.45) is 1.44. The molecule has 2 aromatic rings. The molecule has 1 aromatic carbocycles. The third-order valence-corrected chi connectivity index (χ3v) is 4.02. The van der Waals surface area contributed by atoms with Crippen molar-refractivity contribution in [1.29, 1.82) is 0 Å². The summed E-state index contributed by atoms with van der Waals surface area (Å²) >= 11 is 0. The van der Waals surface area contributed by atoms with E-state index in [9.17, 15) is 9.59 Å². The molecular formula is C18H21N3O4. The maximum absolute atomic E-state index is 12.5. The molecule has 1 unspecified atom stereocenters. The molecule has 0 saturated heterocycles. The van der Waals surface area contributed by atoms with E-state index >= 15 is 0 Å². The fourth-order valence-electron chi connectivity index (χ4n) is 2.63. The Kier molecular flexibility index (Phi) is 5.23. The minimum atomic E-state index is -0.301. The first-order valence-electron chi connectivity index (χ1n) is 8.22. The molecule has 132 valence electrons. The number of furan rings is 1. The number of ether oxygens (including phenoxy) is 1. The third-order valence-electron chi connectivity index (χ3n) is 4.02. The number of fused-ring (bicyclic) bond motifs is 1. The summed E-state index contributed by atoms with van der Waals surface area (Å²) in [6, 6.07) is 10.7. The molecule has 1 aliphatic rings. The monoisotopic (exact) mass is 343 g/mol. The minimum absolute atomic E-state index is 0.0508. The molecule has 0 fully saturated rings. The number of amides is 3. The average Bonchev–Trinajstić information content (AvgIpc) is 3.10. The van der Waals surface area contributed by atoms with Crippen molar-refractivity contribution in [2.24, 2.45) is 0 Å². The van der Waals surface area contributed by atoms with Crippen LogP contribution in [0.3, 0.4) is 0 Å². The van der Waals surface area contributed by atoms with Crippen LogP contribution in [0, 0.1) is 0 Å². The highest BCUT2D eigenvalue weighted by molar-refractivity contribution is 5.91. The van der Waals surface area contributed by atoms with Crippen LogP contribution in [0.25, 0.3) is 0 Å². The second kappa shape index (κ2) is 7.74. The molecule has 2 N–H and O–H groups in total. The van der Waals surface area contributed by atoms with Gasteiger partial charge in [-0.2, -0.15) is 0 Å². The summed E-state index contributed by atoms with van der Waals surface area (Å²) < 4.78 is 10.8. The largest absolute Gasteiger partial charge is 0.491 e. The average molecular weight is 343 g/mol. The second-order valence-corrected chi connectivity index (χ2v) is 5.86. The highest BCUT2D eigenvalue weighted by atomic mass is 16.5. The Morgan fingerprint density at radius 3 is 2.76 bits per heavy atom. The van der Waals surface area contributed by atoms with E-state index in [-0.39, 0.29) is 23.7 Å². The molecular weight excluding hydrogens is 322 g/mol. The predicted molar refractivity (Wildman–Crippen MR) is 91.4 cm³/mol. The Morgan fingerprint density at radius 2 is 1.96 bits per heavy atom. The van der Waals surface area contributed by atoms with Crippen LogP contribution in [0.4, 0.5) is 4.79 Å². The fraction of sp³-hybridized carbons (Fsp3) is 0.333. The zero-order valence-electron chi connectivity index (χ0n) is 14.0. The number of rotatable bonds is 4. The lowest BCUT2D eigenvalue weighted by atomic mass is 10.2. The number of hydrogen-bond acceptors (Lipinski definition) is 4. The van der Waals surface area contributed by atoms with E-state index in [2.05, 4.69) is 10.6 Å². The molecule has 1 aromatic heterocycles. The summed E-state index contributed by atoms with van der Waals surface area (Å²) in [6.45, 7) is 3.53. The lowest BCUT2D eigenvalue weighted by molar-refractivity contribution is 0.0925. The molecule has 25 heavy (non-hydrogen) atoms. The summed E-state index contributed by atoms with van der Waals surface area (Å²) in [4.78, 5) is 26.0. The first-order chi connectivity index (χ1) is 12.1. The van der Waals surface area contributed by atoms with Gasteiger partial charge in [-0.3, -0.25) is 4.79 Å². The molecule has 2 heterocycles. The van der Waals surface area contributed by atoms with Gasteiger partial charge in [-0.05, 0) is 25.1 Å². The summed E-state index contributed by atoms with van der Waals surface area (Å²) in [5.41, 5.74) is 0.980. The zero-order valence-corrected chi connectivity index (χ0v) is 14.0. The molecule has 0 bridgehead atoms. The van der Waals surface area contributed by atoms with Gasteiger partial charge >= 0.3 is 6.03 Å². The number of nitrogens with zero attached hydrogens (tertiary/aromatic N) is 1. The molecule has 0 aliphatic carbocycles. The number of para-hydroxylation sites is 1. The van der Waals surface area contributed by atoms with Crippen molar-refractivity contribution in [3.8, 4) is 5.75 Å². The topological polar surface area (TPSA) is 83.8 Å². The number of urea groups is 1. The van der Waals surface area contributed by atoms with Crippen molar-refractivity contribution in [3.05, 3.63) is 54.0 Å². The van der Waals surface area contributed by atoms with Gasteiger partial charge in [0, 0.05) is 18.7 Å². The molecule has 1 atom stereocenters. The second-order valence-electron chi connectivity index (χ2n) is 5.86. The van der Waals surface area contributed by atoms with E-state index in [1.807, 2.05) is 31.2 Å². The Morgan fingerprint density at radius 1 is 1.16 bits per heavy atom. The molecule has 3 amide bonds. The van der Waals surface area contributed by atoms with Crippen LogP contribution in [0.1, 0.15) is 23.0 Å². The van der Waals surface area contributed by atoms with Crippen molar-refractivity contribution < 1.29 is 18.7 Å². The summed E-state index contributed by atoms with van der Waals surface area (Å²) in [5, 5.41) is 5.52. The van der Waals surface area contributed by atoms with Gasteiger partial charge in [0.05, 0.1) is 18.8 Å². The Balaban J connectivity index is 1.49. The van der Waals surface area contributed by atoms with Crippen molar-refractivity contribution in [1.82, 2.24) is 15.5 Å². The van der Waals surface area contributed by atoms with Crippen molar-refractivity contribution in [2.75, 3.05) is 19.7 Å². The van der Waals surface area contributed by atoms with Crippen LogP contribution in [-0.2, 0) is 6.54 Å². The van der Waals surface area contributed by atoms with Gasteiger partial charge in [0.2, 0.25) is 0 Å². The molecule has 7 nitrogen and oxygen atoms in total. The Labute approximate surface area is 145 Å². The van der Waals surface area contributed by atoms with E-state index < -0.39 is 0 Å². The van der Waals surface area contributed by atoms with Crippen molar-refractivity contribution in [2.45, 2.75) is 19.5 Å². The van der Waals surface area contributed by atoms with Crippen LogP contribution in [0.5, 0.6) is 5.75 Å². The SMILES string of the molecule is CC1COc2ccccc2CN1C(=O)NCCNC(=O)c1ccco1. The maximum atomic E-state index is 12.5. The standard InChI is InChI=1S/C18H21N3O4/c1-13-12-25-15-6-3-2-5-14(15)11-21(13)18(23)20-9-8-19-17(22)16-7-4-10-24-16/h2-7,10,13H,8-9,11-12H2,1H3,(H,19,22)(H,20,23). The lowest BCUT2D eigenvalue weighted by Crippen LogP contribution is -2.47. The van der Waals surface area contributed by atoms with E-state index in [4.69, 9.17) is 9.15 Å². The van der Waals surface area contributed by atoms with Gasteiger partial charge in [-0.15, -0.1) is 0 Å². The highest BCUT2D eigenvalue weighted by Crippen LogP contribution is 2.24. The number of carbonyl (C=O) groups excluding carboxylic acids is 2. The Bertz CT molecular complexity index is 730. The van der Waals surface area contributed by atoms with Gasteiger partial charge in [-0.1, -0.05) is 18.2 Å². The maximum Gasteiger partial charge on any atom is 0.318 e. The number of carbonyl (C=O) groups is 2. The van der Waals surface area contributed by atoms with Crippen molar-refractivity contribution >= 4 is 11.9 Å². The predicted octanol–water partition coefficient (Wildman–Crippen LogP) is 2.00. The third kappa shape index (κ3) is 4.12. The van der Waals surface area contributed by atoms with Crippen LogP contribution < -0.4 is 15.4 Å². The normalized spacial score (nSPS) is 16.4. The van der Waals surface area contributed by atoms with E-state index in [0.29, 0.717) is 26.2 Å².